The Balaban J connectivity index is 1.91. The third-order valence-corrected chi connectivity index (χ3v) is 4.57. The van der Waals surface area contributed by atoms with Crippen molar-refractivity contribution < 1.29 is 9.90 Å². The van der Waals surface area contributed by atoms with Gasteiger partial charge in [0.15, 0.2) is 17.3 Å². The van der Waals surface area contributed by atoms with E-state index in [1.807, 2.05) is 31.2 Å². The molecule has 1 aromatic carbocycles. The topological polar surface area (TPSA) is 117 Å². The first-order valence-corrected chi connectivity index (χ1v) is 8.88. The number of aryl methyl sites for hydroxylation is 1. The predicted octanol–water partition coefficient (Wildman–Crippen LogP) is 2.55. The second kappa shape index (κ2) is 6.60. The average molecular weight is 427 g/mol. The molecule has 1 unspecified atom stereocenters. The van der Waals surface area contributed by atoms with Gasteiger partial charge in [0.2, 0.25) is 6.35 Å². The van der Waals surface area contributed by atoms with E-state index in [1.165, 1.54) is 0 Å². The zero-order valence-electron chi connectivity index (χ0n) is 14.2. The minimum Gasteiger partial charge on any atom is -0.364 e. The molecule has 4 rings (SSSR count). The fourth-order valence-corrected chi connectivity index (χ4v) is 3.20. The number of carbonyl (C=O) groups is 1. The van der Waals surface area contributed by atoms with Crippen LogP contribution in [0.15, 0.2) is 47.1 Å². The Bertz CT molecular complexity index is 1040. The van der Waals surface area contributed by atoms with Crippen molar-refractivity contribution in [2.24, 2.45) is 5.73 Å². The highest BCUT2D eigenvalue weighted by Crippen LogP contribution is 2.40. The van der Waals surface area contributed by atoms with E-state index in [-0.39, 0.29) is 17.2 Å². The molecule has 0 saturated carbocycles. The molecule has 136 valence electrons. The van der Waals surface area contributed by atoms with Crippen LogP contribution in [-0.2, 0) is 0 Å². The highest BCUT2D eigenvalue weighted by Gasteiger charge is 2.34. The van der Waals surface area contributed by atoms with E-state index >= 15 is 0 Å². The number of rotatable bonds is 3. The van der Waals surface area contributed by atoms with Gasteiger partial charge in [-0.1, -0.05) is 23.8 Å². The lowest BCUT2D eigenvalue weighted by Crippen LogP contribution is -2.31. The molecular formula is C18H15BrN6O2. The van der Waals surface area contributed by atoms with Crippen molar-refractivity contribution >= 4 is 39.0 Å². The quantitative estimate of drug-likeness (QED) is 0.550. The van der Waals surface area contributed by atoms with Crippen molar-refractivity contribution in [2.75, 3.05) is 10.2 Å². The standard InChI is InChI=1S/C18H15BrN6O2/c1-9-5-7-10(8-6-9)25-17-14(23-18(25)27)13(15(20)26)22-16(24-17)11-3-2-4-12(19)21-11/h2-8,18,23,27H,1H3,(H2,20,26). The molecule has 0 aliphatic carbocycles. The summed E-state index contributed by atoms with van der Waals surface area (Å²) in [4.78, 5) is 26.7. The second-order valence-electron chi connectivity index (χ2n) is 6.03. The molecule has 3 heterocycles. The summed E-state index contributed by atoms with van der Waals surface area (Å²) in [5.41, 5.74) is 8.06. The minimum absolute atomic E-state index is 0.00885. The summed E-state index contributed by atoms with van der Waals surface area (Å²) in [6.45, 7) is 1.97. The maximum absolute atomic E-state index is 12.0. The van der Waals surface area contributed by atoms with E-state index < -0.39 is 12.3 Å². The van der Waals surface area contributed by atoms with Crippen molar-refractivity contribution in [3.63, 3.8) is 0 Å². The first-order chi connectivity index (χ1) is 12.9. The number of pyridine rings is 1. The van der Waals surface area contributed by atoms with Crippen LogP contribution in [0.3, 0.4) is 0 Å². The van der Waals surface area contributed by atoms with Crippen LogP contribution in [0.25, 0.3) is 11.5 Å². The summed E-state index contributed by atoms with van der Waals surface area (Å²) < 4.78 is 0.610. The molecule has 0 bridgehead atoms. The van der Waals surface area contributed by atoms with Gasteiger partial charge in [-0.15, -0.1) is 0 Å². The highest BCUT2D eigenvalue weighted by molar-refractivity contribution is 9.10. The monoisotopic (exact) mass is 426 g/mol. The zero-order valence-corrected chi connectivity index (χ0v) is 15.8. The average Bonchev–Trinajstić information content (AvgIpc) is 2.97. The van der Waals surface area contributed by atoms with Crippen LogP contribution in [0.5, 0.6) is 0 Å². The van der Waals surface area contributed by atoms with E-state index in [9.17, 15) is 9.90 Å². The maximum Gasteiger partial charge on any atom is 0.269 e. The summed E-state index contributed by atoms with van der Waals surface area (Å²) >= 11 is 3.31. The molecule has 4 N–H and O–H groups in total. The Hall–Kier alpha value is -3.04. The van der Waals surface area contributed by atoms with E-state index in [0.29, 0.717) is 21.8 Å². The SMILES string of the molecule is Cc1ccc(N2c3nc(-c4cccc(Br)n4)nc(C(N)=O)c3NC2O)cc1. The van der Waals surface area contributed by atoms with Gasteiger partial charge in [0.1, 0.15) is 16.0 Å². The Morgan fingerprint density at radius 1 is 1.19 bits per heavy atom. The molecule has 0 fully saturated rings. The minimum atomic E-state index is -1.11. The van der Waals surface area contributed by atoms with Crippen LogP contribution in [0.1, 0.15) is 16.1 Å². The first kappa shape index (κ1) is 17.4. The summed E-state index contributed by atoms with van der Waals surface area (Å²) in [7, 11) is 0. The number of fused-ring (bicyclic) bond motifs is 1. The maximum atomic E-state index is 12.0. The Kier molecular flexibility index (Phi) is 4.25. The van der Waals surface area contributed by atoms with E-state index in [4.69, 9.17) is 5.73 Å². The van der Waals surface area contributed by atoms with Crippen LogP contribution in [0.2, 0.25) is 0 Å². The first-order valence-electron chi connectivity index (χ1n) is 8.09. The number of anilines is 3. The molecule has 1 aliphatic heterocycles. The number of halogens is 1. The summed E-state index contributed by atoms with van der Waals surface area (Å²) in [5, 5.41) is 13.3. The Morgan fingerprint density at radius 3 is 2.59 bits per heavy atom. The van der Waals surface area contributed by atoms with Crippen LogP contribution in [-0.4, -0.2) is 32.3 Å². The van der Waals surface area contributed by atoms with Gasteiger partial charge in [0.25, 0.3) is 5.91 Å². The highest BCUT2D eigenvalue weighted by atomic mass is 79.9. The van der Waals surface area contributed by atoms with Crippen molar-refractivity contribution in [1.82, 2.24) is 15.0 Å². The molecule has 0 spiro atoms. The van der Waals surface area contributed by atoms with Crippen molar-refractivity contribution in [2.45, 2.75) is 13.3 Å². The van der Waals surface area contributed by atoms with E-state index in [2.05, 4.69) is 36.2 Å². The Labute approximate surface area is 163 Å². The molecule has 1 aliphatic rings. The lowest BCUT2D eigenvalue weighted by Gasteiger charge is -2.22. The normalized spacial score (nSPS) is 15.4. The molecule has 2 aromatic heterocycles. The van der Waals surface area contributed by atoms with Crippen LogP contribution in [0, 0.1) is 6.92 Å². The number of carbonyl (C=O) groups excluding carboxylic acids is 1. The molecular weight excluding hydrogens is 412 g/mol. The van der Waals surface area contributed by atoms with Gasteiger partial charge < -0.3 is 16.2 Å². The van der Waals surface area contributed by atoms with Gasteiger partial charge in [-0.2, -0.15) is 0 Å². The smallest absolute Gasteiger partial charge is 0.269 e. The van der Waals surface area contributed by atoms with Gasteiger partial charge in [-0.05, 0) is 47.1 Å². The number of hydrogen-bond donors (Lipinski definition) is 3. The van der Waals surface area contributed by atoms with Gasteiger partial charge in [-0.25, -0.2) is 15.0 Å². The number of benzene rings is 1. The number of nitrogens with two attached hydrogens (primary N) is 1. The fourth-order valence-electron chi connectivity index (χ4n) is 2.86. The molecule has 0 radical (unpaired) electrons. The largest absolute Gasteiger partial charge is 0.364 e. The number of nitrogens with zero attached hydrogens (tertiary/aromatic N) is 4. The summed E-state index contributed by atoms with van der Waals surface area (Å²) in [5.74, 6) is -0.140. The van der Waals surface area contributed by atoms with Gasteiger partial charge in [0, 0.05) is 5.69 Å². The van der Waals surface area contributed by atoms with Crippen molar-refractivity contribution in [3.8, 4) is 11.5 Å². The van der Waals surface area contributed by atoms with Crippen LogP contribution < -0.4 is 16.0 Å². The molecule has 8 nitrogen and oxygen atoms in total. The number of aliphatic hydroxyl groups excluding tert-OH is 1. The number of primary amides is 1. The number of nitrogens with one attached hydrogen (secondary N) is 1. The van der Waals surface area contributed by atoms with Gasteiger partial charge in [-0.3, -0.25) is 9.69 Å². The fraction of sp³-hybridized carbons (Fsp3) is 0.111. The predicted molar refractivity (Wildman–Crippen MR) is 104 cm³/mol. The van der Waals surface area contributed by atoms with Gasteiger partial charge >= 0.3 is 0 Å². The van der Waals surface area contributed by atoms with E-state index in [0.717, 1.165) is 5.56 Å². The van der Waals surface area contributed by atoms with Crippen molar-refractivity contribution in [3.05, 3.63) is 58.3 Å². The number of hydrogen-bond acceptors (Lipinski definition) is 7. The van der Waals surface area contributed by atoms with E-state index in [1.54, 1.807) is 23.1 Å². The summed E-state index contributed by atoms with van der Waals surface area (Å²) in [6, 6.07) is 12.9. The third-order valence-electron chi connectivity index (χ3n) is 4.13. The zero-order chi connectivity index (χ0) is 19.1. The number of aliphatic hydroxyl groups is 1. The Morgan fingerprint density at radius 2 is 1.93 bits per heavy atom. The number of aromatic nitrogens is 3. The van der Waals surface area contributed by atoms with Crippen LogP contribution in [0.4, 0.5) is 17.2 Å². The third kappa shape index (κ3) is 3.11. The lowest BCUT2D eigenvalue weighted by molar-refractivity contribution is 0.0996. The van der Waals surface area contributed by atoms with Crippen molar-refractivity contribution in [1.29, 1.82) is 0 Å². The lowest BCUT2D eigenvalue weighted by atomic mass is 10.2. The molecule has 9 heteroatoms. The molecule has 1 atom stereocenters. The molecule has 27 heavy (non-hydrogen) atoms. The molecule has 3 aromatic rings. The van der Waals surface area contributed by atoms with Crippen LogP contribution >= 0.6 is 15.9 Å². The second-order valence-corrected chi connectivity index (χ2v) is 6.84. The number of amides is 1. The summed E-state index contributed by atoms with van der Waals surface area (Å²) in [6.07, 6.45) is -1.11. The van der Waals surface area contributed by atoms with Gasteiger partial charge in [0.05, 0.1) is 0 Å². The molecule has 1 amide bonds. The molecule has 0 saturated heterocycles.